The quantitative estimate of drug-likeness (QED) is 0.675. The molecule has 3 aromatic rings. The smallest absolute Gasteiger partial charge is 0.265 e. The number of aryl methyl sites for hydroxylation is 3. The molecular weight excluding hydrogens is 382 g/mol. The van der Waals surface area contributed by atoms with Gasteiger partial charge in [-0.25, -0.2) is 9.36 Å². The number of hydrogen-bond donors (Lipinski definition) is 2. The monoisotopic (exact) mass is 407 g/mol. The van der Waals surface area contributed by atoms with E-state index < -0.39 is 0 Å². The van der Waals surface area contributed by atoms with Crippen LogP contribution in [0.3, 0.4) is 0 Å². The molecule has 1 aliphatic carbocycles. The van der Waals surface area contributed by atoms with E-state index in [1.807, 2.05) is 10.9 Å². The molecule has 0 bridgehead atoms. The van der Waals surface area contributed by atoms with E-state index in [-0.39, 0.29) is 36.0 Å². The van der Waals surface area contributed by atoms with E-state index in [0.717, 1.165) is 40.9 Å². The van der Waals surface area contributed by atoms with Crippen LogP contribution >= 0.6 is 0 Å². The fourth-order valence-electron chi connectivity index (χ4n) is 3.89. The van der Waals surface area contributed by atoms with Crippen molar-refractivity contribution in [3.8, 4) is 5.69 Å². The molecular formula is C22H25N5O3. The predicted molar refractivity (Wildman–Crippen MR) is 113 cm³/mol. The Kier molecular flexibility index (Phi) is 5.39. The van der Waals surface area contributed by atoms with Crippen LogP contribution in [-0.4, -0.2) is 25.5 Å². The standard InChI is InChI=1S/C22H25N5O3/c1-14-6-7-16(12-15(14)2)27-19-5-3-4-18(17(19)13-23-27)24-20(28)10-11-26-22(30)9-8-21(29)25-26/h6-9,12-13,18H,3-5,10-11H2,1-2H3,(H,24,28)(H,25,29)/t18-/m0/s1. The van der Waals surface area contributed by atoms with Gasteiger partial charge in [0.15, 0.2) is 0 Å². The maximum absolute atomic E-state index is 12.5. The van der Waals surface area contributed by atoms with E-state index in [2.05, 4.69) is 47.6 Å². The molecule has 0 saturated carbocycles. The minimum Gasteiger partial charge on any atom is -0.349 e. The highest BCUT2D eigenvalue weighted by molar-refractivity contribution is 5.76. The SMILES string of the molecule is Cc1ccc(-n2ncc3c2CCC[C@@H]3NC(=O)CCn2[nH]c(=O)ccc2=O)cc1C. The first-order valence-corrected chi connectivity index (χ1v) is 10.2. The van der Waals surface area contributed by atoms with Crippen LogP contribution in [0.2, 0.25) is 0 Å². The van der Waals surface area contributed by atoms with Crippen LogP contribution in [0, 0.1) is 13.8 Å². The van der Waals surface area contributed by atoms with Crippen LogP contribution in [0.15, 0.2) is 46.1 Å². The number of carbonyl (C=O) groups is 1. The number of benzene rings is 1. The molecule has 0 saturated heterocycles. The van der Waals surface area contributed by atoms with Crippen LogP contribution < -0.4 is 16.4 Å². The minimum atomic E-state index is -0.370. The largest absolute Gasteiger partial charge is 0.349 e. The molecule has 1 aromatic carbocycles. The fourth-order valence-corrected chi connectivity index (χ4v) is 3.89. The van der Waals surface area contributed by atoms with Crippen LogP contribution in [0.25, 0.3) is 5.69 Å². The summed E-state index contributed by atoms with van der Waals surface area (Å²) in [6.45, 7) is 4.30. The maximum Gasteiger partial charge on any atom is 0.265 e. The Bertz CT molecular complexity index is 1200. The summed E-state index contributed by atoms with van der Waals surface area (Å²) in [5.41, 5.74) is 4.94. The number of rotatable bonds is 5. The molecule has 1 atom stereocenters. The average molecular weight is 407 g/mol. The Morgan fingerprint density at radius 1 is 1.20 bits per heavy atom. The predicted octanol–water partition coefficient (Wildman–Crippen LogP) is 1.92. The first-order valence-electron chi connectivity index (χ1n) is 10.2. The number of aromatic nitrogens is 4. The van der Waals surface area contributed by atoms with Crippen molar-refractivity contribution >= 4 is 5.91 Å². The molecule has 0 spiro atoms. The number of fused-ring (bicyclic) bond motifs is 1. The summed E-state index contributed by atoms with van der Waals surface area (Å²) in [5.74, 6) is -0.164. The molecule has 8 nitrogen and oxygen atoms in total. The fraction of sp³-hybridized carbons (Fsp3) is 0.364. The van der Waals surface area contributed by atoms with Crippen molar-refractivity contribution in [2.45, 2.75) is 52.1 Å². The Morgan fingerprint density at radius 3 is 2.83 bits per heavy atom. The molecule has 0 aliphatic heterocycles. The molecule has 1 amide bonds. The Labute approximate surface area is 173 Å². The molecule has 156 valence electrons. The van der Waals surface area contributed by atoms with E-state index in [1.165, 1.54) is 23.3 Å². The topological polar surface area (TPSA) is 102 Å². The number of amides is 1. The van der Waals surface area contributed by atoms with Crippen LogP contribution in [0.1, 0.15) is 47.7 Å². The third-order valence-electron chi connectivity index (χ3n) is 5.70. The molecule has 2 aromatic heterocycles. The Balaban J connectivity index is 1.48. The second kappa shape index (κ2) is 8.14. The van der Waals surface area contributed by atoms with Gasteiger partial charge in [-0.1, -0.05) is 6.07 Å². The number of H-pyrrole nitrogens is 1. The van der Waals surface area contributed by atoms with Gasteiger partial charge in [0.2, 0.25) is 5.91 Å². The normalized spacial score (nSPS) is 15.6. The van der Waals surface area contributed by atoms with Gasteiger partial charge in [0.05, 0.1) is 24.5 Å². The zero-order valence-corrected chi connectivity index (χ0v) is 17.1. The van der Waals surface area contributed by atoms with Crippen molar-refractivity contribution in [3.63, 3.8) is 0 Å². The summed E-state index contributed by atoms with van der Waals surface area (Å²) < 4.78 is 3.13. The lowest BCUT2D eigenvalue weighted by Crippen LogP contribution is -2.34. The van der Waals surface area contributed by atoms with Gasteiger partial charge in [-0.05, 0) is 56.4 Å². The van der Waals surface area contributed by atoms with Crippen LogP contribution in [-0.2, 0) is 17.8 Å². The lowest BCUT2D eigenvalue weighted by Gasteiger charge is -2.24. The van der Waals surface area contributed by atoms with Crippen molar-refractivity contribution in [3.05, 3.63) is 79.6 Å². The summed E-state index contributed by atoms with van der Waals surface area (Å²) in [4.78, 5) is 35.6. The lowest BCUT2D eigenvalue weighted by atomic mass is 9.92. The van der Waals surface area contributed by atoms with Crippen molar-refractivity contribution in [1.82, 2.24) is 24.9 Å². The number of aromatic amines is 1. The van der Waals surface area contributed by atoms with Gasteiger partial charge in [0, 0.05) is 29.8 Å². The Hall–Kier alpha value is -3.42. The minimum absolute atomic E-state index is 0.104. The van der Waals surface area contributed by atoms with E-state index >= 15 is 0 Å². The second-order valence-corrected chi connectivity index (χ2v) is 7.79. The van der Waals surface area contributed by atoms with E-state index in [9.17, 15) is 14.4 Å². The van der Waals surface area contributed by atoms with Crippen molar-refractivity contribution in [1.29, 1.82) is 0 Å². The van der Waals surface area contributed by atoms with Gasteiger partial charge in [-0.15, -0.1) is 0 Å². The third-order valence-corrected chi connectivity index (χ3v) is 5.70. The van der Waals surface area contributed by atoms with Crippen LogP contribution in [0.4, 0.5) is 0 Å². The van der Waals surface area contributed by atoms with E-state index in [4.69, 9.17) is 0 Å². The first-order chi connectivity index (χ1) is 14.4. The number of hydrogen-bond acceptors (Lipinski definition) is 4. The van der Waals surface area contributed by atoms with Gasteiger partial charge < -0.3 is 5.32 Å². The zero-order valence-electron chi connectivity index (χ0n) is 17.1. The van der Waals surface area contributed by atoms with Crippen molar-refractivity contribution in [2.24, 2.45) is 0 Å². The van der Waals surface area contributed by atoms with Gasteiger partial charge in [-0.2, -0.15) is 5.10 Å². The second-order valence-electron chi connectivity index (χ2n) is 7.79. The van der Waals surface area contributed by atoms with Crippen molar-refractivity contribution < 1.29 is 4.79 Å². The first kappa shape index (κ1) is 19.9. The lowest BCUT2D eigenvalue weighted by molar-refractivity contribution is -0.122. The molecule has 0 unspecified atom stereocenters. The molecule has 0 fully saturated rings. The zero-order chi connectivity index (χ0) is 21.3. The number of carbonyl (C=O) groups excluding carboxylic acids is 1. The van der Waals surface area contributed by atoms with Gasteiger partial charge in [0.1, 0.15) is 0 Å². The molecule has 30 heavy (non-hydrogen) atoms. The molecule has 4 rings (SSSR count). The Morgan fingerprint density at radius 2 is 2.03 bits per heavy atom. The van der Waals surface area contributed by atoms with Crippen molar-refractivity contribution in [2.75, 3.05) is 0 Å². The molecule has 0 radical (unpaired) electrons. The van der Waals surface area contributed by atoms with E-state index in [1.54, 1.807) is 0 Å². The highest BCUT2D eigenvalue weighted by Gasteiger charge is 2.26. The number of nitrogens with one attached hydrogen (secondary N) is 2. The summed E-state index contributed by atoms with van der Waals surface area (Å²) >= 11 is 0. The maximum atomic E-state index is 12.5. The van der Waals surface area contributed by atoms with E-state index in [0.29, 0.717) is 0 Å². The molecule has 2 N–H and O–H groups in total. The highest BCUT2D eigenvalue weighted by atomic mass is 16.2. The highest BCUT2D eigenvalue weighted by Crippen LogP contribution is 2.31. The molecule has 8 heteroatoms. The van der Waals surface area contributed by atoms with Gasteiger partial charge in [0.25, 0.3) is 11.1 Å². The summed E-state index contributed by atoms with van der Waals surface area (Å²) in [5, 5.41) is 10.1. The summed E-state index contributed by atoms with van der Waals surface area (Å²) in [6.07, 6.45) is 4.67. The van der Waals surface area contributed by atoms with Gasteiger partial charge >= 0.3 is 0 Å². The van der Waals surface area contributed by atoms with Crippen LogP contribution in [0.5, 0.6) is 0 Å². The molecule has 2 heterocycles. The molecule has 1 aliphatic rings. The average Bonchev–Trinajstić information content (AvgIpc) is 3.16. The summed E-state index contributed by atoms with van der Waals surface area (Å²) in [6, 6.07) is 8.56. The van der Waals surface area contributed by atoms with Gasteiger partial charge in [-0.3, -0.25) is 19.5 Å². The number of nitrogens with zero attached hydrogens (tertiary/aromatic N) is 3. The summed E-state index contributed by atoms with van der Waals surface area (Å²) in [7, 11) is 0. The third kappa shape index (κ3) is 3.98.